The van der Waals surface area contributed by atoms with Gasteiger partial charge < -0.3 is 19.7 Å². The maximum Gasteiger partial charge on any atom is 0.416 e. The van der Waals surface area contributed by atoms with Crippen LogP contribution in [0.1, 0.15) is 18.9 Å². The number of carbonyl (C=O) groups excluding carboxylic acids is 1. The van der Waals surface area contributed by atoms with Crippen LogP contribution in [0.4, 0.5) is 24.5 Å². The van der Waals surface area contributed by atoms with Crippen LogP contribution in [0.5, 0.6) is 5.75 Å². The second-order valence-electron chi connectivity index (χ2n) is 6.65. The van der Waals surface area contributed by atoms with Gasteiger partial charge in [-0.15, -0.1) is 0 Å². The minimum atomic E-state index is -4.51. The molecule has 0 aromatic heterocycles. The molecule has 0 bridgehead atoms. The molecule has 8 heteroatoms. The molecule has 1 N–H and O–H groups in total. The summed E-state index contributed by atoms with van der Waals surface area (Å²) < 4.78 is 50.7. The number of hydrogen-bond acceptors (Lipinski definition) is 4. The van der Waals surface area contributed by atoms with Crippen LogP contribution in [0.25, 0.3) is 0 Å². The lowest BCUT2D eigenvalue weighted by molar-refractivity contribution is -0.137. The summed E-state index contributed by atoms with van der Waals surface area (Å²) in [5.74, 6) is 0.0251. The maximum absolute atomic E-state index is 13.2. The molecule has 1 saturated heterocycles. The second-order valence-corrected chi connectivity index (χ2v) is 6.65. The Balaban J connectivity index is 1.85. The van der Waals surface area contributed by atoms with E-state index in [-0.39, 0.29) is 5.69 Å². The van der Waals surface area contributed by atoms with Gasteiger partial charge >= 0.3 is 6.18 Å². The predicted molar refractivity (Wildman–Crippen MR) is 104 cm³/mol. The van der Waals surface area contributed by atoms with Crippen molar-refractivity contribution in [2.24, 2.45) is 0 Å². The molecule has 1 atom stereocenters. The van der Waals surface area contributed by atoms with Gasteiger partial charge in [0.25, 0.3) is 5.91 Å². The fourth-order valence-corrected chi connectivity index (χ4v) is 3.09. The summed E-state index contributed by atoms with van der Waals surface area (Å²) in [7, 11) is 0. The quantitative estimate of drug-likeness (QED) is 0.773. The topological polar surface area (TPSA) is 50.8 Å². The standard InChI is InChI=1S/C21H23F3N2O3/c1-2-19(29-16-6-4-3-5-7-16)20(27)25-17-14-15(21(22,23)24)8-9-18(17)26-10-12-28-13-11-26/h3-9,14,19H,2,10-13H2,1H3,(H,25,27)/t19-/m0/s1. The number of anilines is 2. The van der Waals surface area contributed by atoms with E-state index in [1.807, 2.05) is 11.0 Å². The Hall–Kier alpha value is -2.74. The number of ether oxygens (including phenoxy) is 2. The van der Waals surface area contributed by atoms with E-state index in [0.29, 0.717) is 44.2 Å². The van der Waals surface area contributed by atoms with Crippen LogP contribution in [0.2, 0.25) is 0 Å². The van der Waals surface area contributed by atoms with E-state index in [0.717, 1.165) is 12.1 Å². The maximum atomic E-state index is 13.2. The number of hydrogen-bond donors (Lipinski definition) is 1. The monoisotopic (exact) mass is 408 g/mol. The van der Waals surface area contributed by atoms with Crippen molar-refractivity contribution < 1.29 is 27.4 Å². The zero-order valence-corrected chi connectivity index (χ0v) is 16.0. The van der Waals surface area contributed by atoms with Crippen molar-refractivity contribution in [3.63, 3.8) is 0 Å². The van der Waals surface area contributed by atoms with Gasteiger partial charge in [0.15, 0.2) is 6.10 Å². The van der Waals surface area contributed by atoms with E-state index in [9.17, 15) is 18.0 Å². The molecule has 2 aromatic carbocycles. The Morgan fingerprint density at radius 3 is 2.48 bits per heavy atom. The van der Waals surface area contributed by atoms with Gasteiger partial charge in [0.1, 0.15) is 5.75 Å². The molecule has 0 saturated carbocycles. The number of nitrogens with one attached hydrogen (secondary N) is 1. The van der Waals surface area contributed by atoms with Gasteiger partial charge in [-0.2, -0.15) is 13.2 Å². The number of rotatable bonds is 6. The summed E-state index contributed by atoms with van der Waals surface area (Å²) in [5, 5.41) is 2.65. The van der Waals surface area contributed by atoms with E-state index in [2.05, 4.69) is 5.32 Å². The van der Waals surface area contributed by atoms with Crippen molar-refractivity contribution in [2.75, 3.05) is 36.5 Å². The summed E-state index contributed by atoms with van der Waals surface area (Å²) >= 11 is 0. The molecular formula is C21H23F3N2O3. The first-order chi connectivity index (χ1) is 13.9. The Kier molecular flexibility index (Phi) is 6.64. The molecule has 1 aliphatic rings. The van der Waals surface area contributed by atoms with E-state index in [1.54, 1.807) is 31.2 Å². The first-order valence-electron chi connectivity index (χ1n) is 9.45. The van der Waals surface area contributed by atoms with Gasteiger partial charge in [0.05, 0.1) is 30.2 Å². The number of para-hydroxylation sites is 1. The zero-order chi connectivity index (χ0) is 20.9. The Morgan fingerprint density at radius 1 is 1.17 bits per heavy atom. The molecule has 1 fully saturated rings. The highest BCUT2D eigenvalue weighted by Crippen LogP contribution is 2.36. The molecule has 2 aromatic rings. The number of alkyl halides is 3. The lowest BCUT2D eigenvalue weighted by atomic mass is 10.1. The summed E-state index contributed by atoms with van der Waals surface area (Å²) in [5.41, 5.74) is -0.173. The molecule has 1 heterocycles. The normalized spacial score (nSPS) is 15.7. The lowest BCUT2D eigenvalue weighted by Gasteiger charge is -2.31. The average Bonchev–Trinajstić information content (AvgIpc) is 2.72. The summed E-state index contributed by atoms with van der Waals surface area (Å²) in [6, 6.07) is 12.2. The highest BCUT2D eigenvalue weighted by atomic mass is 19.4. The van der Waals surface area contributed by atoms with Crippen LogP contribution in [0, 0.1) is 0 Å². The van der Waals surface area contributed by atoms with E-state index >= 15 is 0 Å². The molecule has 1 aliphatic heterocycles. The van der Waals surface area contributed by atoms with Crippen LogP contribution < -0.4 is 15.0 Å². The third-order valence-electron chi connectivity index (χ3n) is 4.62. The van der Waals surface area contributed by atoms with Crippen molar-refractivity contribution >= 4 is 17.3 Å². The van der Waals surface area contributed by atoms with Gasteiger partial charge in [-0.1, -0.05) is 25.1 Å². The van der Waals surface area contributed by atoms with E-state index < -0.39 is 23.8 Å². The third kappa shape index (κ3) is 5.41. The highest BCUT2D eigenvalue weighted by Gasteiger charge is 2.32. The lowest BCUT2D eigenvalue weighted by Crippen LogP contribution is -2.38. The summed E-state index contributed by atoms with van der Waals surface area (Å²) in [6.07, 6.45) is -4.97. The second kappa shape index (κ2) is 9.17. The van der Waals surface area contributed by atoms with Gasteiger partial charge in [-0.05, 0) is 36.8 Å². The van der Waals surface area contributed by atoms with Crippen LogP contribution in [-0.4, -0.2) is 38.3 Å². The fraction of sp³-hybridized carbons (Fsp3) is 0.381. The molecular weight excluding hydrogens is 385 g/mol. The average molecular weight is 408 g/mol. The minimum Gasteiger partial charge on any atom is -0.481 e. The SMILES string of the molecule is CC[C@H](Oc1ccccc1)C(=O)Nc1cc(C(F)(F)F)ccc1N1CCOCC1. The van der Waals surface area contributed by atoms with Crippen molar-refractivity contribution in [1.82, 2.24) is 0 Å². The highest BCUT2D eigenvalue weighted by molar-refractivity contribution is 5.97. The van der Waals surface area contributed by atoms with Crippen LogP contribution in [0.15, 0.2) is 48.5 Å². The molecule has 29 heavy (non-hydrogen) atoms. The smallest absolute Gasteiger partial charge is 0.416 e. The first kappa shape index (κ1) is 21.0. The molecule has 156 valence electrons. The summed E-state index contributed by atoms with van der Waals surface area (Å²) in [6.45, 7) is 3.80. The summed E-state index contributed by atoms with van der Waals surface area (Å²) in [4.78, 5) is 14.7. The molecule has 0 radical (unpaired) electrons. The van der Waals surface area contributed by atoms with Crippen molar-refractivity contribution in [3.8, 4) is 5.75 Å². The number of morpholine rings is 1. The Labute approximate surface area is 167 Å². The van der Waals surface area contributed by atoms with Crippen LogP contribution in [0.3, 0.4) is 0 Å². The van der Waals surface area contributed by atoms with Gasteiger partial charge in [-0.3, -0.25) is 4.79 Å². The largest absolute Gasteiger partial charge is 0.481 e. The molecule has 0 spiro atoms. The molecule has 3 rings (SSSR count). The predicted octanol–water partition coefficient (Wildman–Crippen LogP) is 4.34. The first-order valence-corrected chi connectivity index (χ1v) is 9.45. The third-order valence-corrected chi connectivity index (χ3v) is 4.62. The Morgan fingerprint density at radius 2 is 1.86 bits per heavy atom. The van der Waals surface area contributed by atoms with Crippen LogP contribution >= 0.6 is 0 Å². The van der Waals surface area contributed by atoms with Crippen LogP contribution in [-0.2, 0) is 15.7 Å². The number of benzene rings is 2. The molecule has 0 aliphatic carbocycles. The van der Waals surface area contributed by atoms with Gasteiger partial charge in [0.2, 0.25) is 0 Å². The Bertz CT molecular complexity index is 822. The number of carbonyl (C=O) groups is 1. The van der Waals surface area contributed by atoms with E-state index in [1.165, 1.54) is 6.07 Å². The van der Waals surface area contributed by atoms with Gasteiger partial charge in [-0.25, -0.2) is 0 Å². The molecule has 0 unspecified atom stereocenters. The zero-order valence-electron chi connectivity index (χ0n) is 16.0. The van der Waals surface area contributed by atoms with Crippen molar-refractivity contribution in [3.05, 3.63) is 54.1 Å². The molecule has 5 nitrogen and oxygen atoms in total. The van der Waals surface area contributed by atoms with Crippen molar-refractivity contribution in [2.45, 2.75) is 25.6 Å². The van der Waals surface area contributed by atoms with Gasteiger partial charge in [0, 0.05) is 13.1 Å². The number of nitrogens with zero attached hydrogens (tertiary/aromatic N) is 1. The van der Waals surface area contributed by atoms with E-state index in [4.69, 9.17) is 9.47 Å². The fourth-order valence-electron chi connectivity index (χ4n) is 3.09. The molecule has 1 amide bonds. The minimum absolute atomic E-state index is 0.113. The van der Waals surface area contributed by atoms with Crippen molar-refractivity contribution in [1.29, 1.82) is 0 Å². The number of halogens is 3. The number of amides is 1.